The molecule has 0 unspecified atom stereocenters. The molecule has 96 valence electrons. The lowest BCUT2D eigenvalue weighted by Gasteiger charge is -2.17. The van der Waals surface area contributed by atoms with Gasteiger partial charge < -0.3 is 14.7 Å². The number of nitrogens with zero attached hydrogens (tertiary/aromatic N) is 1. The number of halogens is 1. The lowest BCUT2D eigenvalue weighted by atomic mass is 10.2. The van der Waals surface area contributed by atoms with Crippen LogP contribution in [0.15, 0.2) is 16.6 Å². The first kappa shape index (κ1) is 14.3. The molecule has 0 atom stereocenters. The van der Waals surface area contributed by atoms with Gasteiger partial charge in [0.25, 0.3) is 0 Å². The SMILES string of the molecule is CCCCN(C)Cc1cc(Br)c(O)c(OC)c1. The summed E-state index contributed by atoms with van der Waals surface area (Å²) >= 11 is 3.33. The summed E-state index contributed by atoms with van der Waals surface area (Å²) in [6.07, 6.45) is 2.40. The van der Waals surface area contributed by atoms with Gasteiger partial charge in [-0.25, -0.2) is 0 Å². The molecule has 0 heterocycles. The van der Waals surface area contributed by atoms with Gasteiger partial charge >= 0.3 is 0 Å². The number of phenols is 1. The highest BCUT2D eigenvalue weighted by Gasteiger charge is 2.09. The minimum Gasteiger partial charge on any atom is -0.503 e. The van der Waals surface area contributed by atoms with E-state index in [-0.39, 0.29) is 5.75 Å². The molecule has 0 aromatic heterocycles. The van der Waals surface area contributed by atoms with E-state index in [2.05, 4.69) is 34.8 Å². The van der Waals surface area contributed by atoms with Crippen LogP contribution >= 0.6 is 15.9 Å². The van der Waals surface area contributed by atoms with Crippen molar-refractivity contribution in [2.24, 2.45) is 0 Å². The molecule has 1 aromatic rings. The van der Waals surface area contributed by atoms with Crippen molar-refractivity contribution in [2.75, 3.05) is 20.7 Å². The molecule has 17 heavy (non-hydrogen) atoms. The number of ether oxygens (including phenoxy) is 1. The first-order valence-corrected chi connectivity index (χ1v) is 6.61. The first-order valence-electron chi connectivity index (χ1n) is 5.82. The Morgan fingerprint density at radius 1 is 1.41 bits per heavy atom. The second-order valence-electron chi connectivity index (χ2n) is 4.22. The molecule has 1 rings (SSSR count). The summed E-state index contributed by atoms with van der Waals surface area (Å²) in [6, 6.07) is 3.81. The maximum Gasteiger partial charge on any atom is 0.172 e. The fourth-order valence-corrected chi connectivity index (χ4v) is 2.18. The topological polar surface area (TPSA) is 32.7 Å². The predicted molar refractivity (Wildman–Crippen MR) is 73.6 cm³/mol. The van der Waals surface area contributed by atoms with Crippen LogP contribution < -0.4 is 4.74 Å². The average Bonchev–Trinajstić information content (AvgIpc) is 2.31. The summed E-state index contributed by atoms with van der Waals surface area (Å²) in [5, 5.41) is 9.71. The Morgan fingerprint density at radius 3 is 2.71 bits per heavy atom. The van der Waals surface area contributed by atoms with E-state index in [1.165, 1.54) is 12.8 Å². The molecule has 0 bridgehead atoms. The zero-order valence-corrected chi connectivity index (χ0v) is 12.2. The van der Waals surface area contributed by atoms with Crippen LogP contribution in [0, 0.1) is 0 Å². The summed E-state index contributed by atoms with van der Waals surface area (Å²) in [4.78, 5) is 2.27. The quantitative estimate of drug-likeness (QED) is 0.874. The average molecular weight is 302 g/mol. The van der Waals surface area contributed by atoms with Crippen LogP contribution in [-0.4, -0.2) is 30.7 Å². The molecule has 0 radical (unpaired) electrons. The lowest BCUT2D eigenvalue weighted by Crippen LogP contribution is -2.18. The van der Waals surface area contributed by atoms with Crippen molar-refractivity contribution in [3.05, 3.63) is 22.2 Å². The highest BCUT2D eigenvalue weighted by molar-refractivity contribution is 9.10. The monoisotopic (exact) mass is 301 g/mol. The molecule has 4 heteroatoms. The van der Waals surface area contributed by atoms with Gasteiger partial charge in [0, 0.05) is 6.54 Å². The summed E-state index contributed by atoms with van der Waals surface area (Å²) < 4.78 is 5.81. The Balaban J connectivity index is 2.74. The third-order valence-electron chi connectivity index (χ3n) is 2.65. The number of hydrogen-bond acceptors (Lipinski definition) is 3. The molecule has 0 aliphatic rings. The predicted octanol–water partition coefficient (Wildman–Crippen LogP) is 3.40. The van der Waals surface area contributed by atoms with Crippen LogP contribution in [0.5, 0.6) is 11.5 Å². The number of benzene rings is 1. The Bertz CT molecular complexity index is 369. The summed E-state index contributed by atoms with van der Waals surface area (Å²) in [5.41, 5.74) is 1.13. The summed E-state index contributed by atoms with van der Waals surface area (Å²) in [7, 11) is 3.66. The smallest absolute Gasteiger partial charge is 0.172 e. The van der Waals surface area contributed by atoms with Gasteiger partial charge in [-0.1, -0.05) is 13.3 Å². The molecule has 1 aromatic carbocycles. The van der Waals surface area contributed by atoms with Crippen LogP contribution in [0.1, 0.15) is 25.3 Å². The van der Waals surface area contributed by atoms with E-state index in [9.17, 15) is 5.11 Å². The second-order valence-corrected chi connectivity index (χ2v) is 5.07. The van der Waals surface area contributed by atoms with Crippen molar-refractivity contribution in [1.29, 1.82) is 0 Å². The normalized spacial score (nSPS) is 10.9. The number of hydrogen-bond donors (Lipinski definition) is 1. The van der Waals surface area contributed by atoms with Crippen LogP contribution in [0.25, 0.3) is 0 Å². The molecule has 0 aliphatic heterocycles. The third-order valence-corrected chi connectivity index (χ3v) is 3.26. The lowest BCUT2D eigenvalue weighted by molar-refractivity contribution is 0.318. The summed E-state index contributed by atoms with van der Waals surface area (Å²) in [6.45, 7) is 4.13. The Morgan fingerprint density at radius 2 is 2.12 bits per heavy atom. The molecule has 0 amide bonds. The standard InChI is InChI=1S/C13H20BrNO2/c1-4-5-6-15(2)9-10-7-11(14)13(16)12(8-10)17-3/h7-8,16H,4-6,9H2,1-3H3. The highest BCUT2D eigenvalue weighted by atomic mass is 79.9. The minimum atomic E-state index is 0.160. The Kier molecular flexibility index (Phi) is 5.78. The van der Waals surface area contributed by atoms with Crippen LogP contribution in [0.3, 0.4) is 0 Å². The molecular weight excluding hydrogens is 282 g/mol. The van der Waals surface area contributed by atoms with Crippen molar-refractivity contribution >= 4 is 15.9 Å². The van der Waals surface area contributed by atoms with Crippen molar-refractivity contribution in [2.45, 2.75) is 26.3 Å². The molecule has 0 aliphatic carbocycles. The Labute approximate surface area is 112 Å². The summed E-state index contributed by atoms with van der Waals surface area (Å²) in [5.74, 6) is 0.672. The number of unbranched alkanes of at least 4 members (excludes halogenated alkanes) is 1. The number of phenolic OH excluding ortho intramolecular Hbond substituents is 1. The van der Waals surface area contributed by atoms with Gasteiger partial charge in [0.2, 0.25) is 0 Å². The molecule has 3 nitrogen and oxygen atoms in total. The second kappa shape index (κ2) is 6.87. The van der Waals surface area contributed by atoms with Gasteiger partial charge in [0.15, 0.2) is 11.5 Å². The maximum atomic E-state index is 9.71. The van der Waals surface area contributed by atoms with Gasteiger partial charge in [-0.15, -0.1) is 0 Å². The molecule has 0 saturated carbocycles. The molecule has 0 fully saturated rings. The van der Waals surface area contributed by atoms with Crippen LogP contribution in [0.4, 0.5) is 0 Å². The van der Waals surface area contributed by atoms with Crippen LogP contribution in [0.2, 0.25) is 0 Å². The zero-order chi connectivity index (χ0) is 12.8. The van der Waals surface area contributed by atoms with Crippen molar-refractivity contribution in [1.82, 2.24) is 4.90 Å². The van der Waals surface area contributed by atoms with E-state index < -0.39 is 0 Å². The van der Waals surface area contributed by atoms with E-state index in [4.69, 9.17) is 4.74 Å². The fourth-order valence-electron chi connectivity index (χ4n) is 1.69. The largest absolute Gasteiger partial charge is 0.503 e. The van der Waals surface area contributed by atoms with E-state index >= 15 is 0 Å². The maximum absolute atomic E-state index is 9.71. The number of methoxy groups -OCH3 is 1. The van der Waals surface area contributed by atoms with Crippen molar-refractivity contribution < 1.29 is 9.84 Å². The van der Waals surface area contributed by atoms with Gasteiger partial charge in [0.1, 0.15) is 0 Å². The van der Waals surface area contributed by atoms with E-state index in [1.807, 2.05) is 12.1 Å². The van der Waals surface area contributed by atoms with E-state index in [0.717, 1.165) is 18.7 Å². The van der Waals surface area contributed by atoms with E-state index in [1.54, 1.807) is 7.11 Å². The van der Waals surface area contributed by atoms with Gasteiger partial charge in [0.05, 0.1) is 11.6 Å². The van der Waals surface area contributed by atoms with E-state index in [0.29, 0.717) is 10.2 Å². The third kappa shape index (κ3) is 4.21. The number of rotatable bonds is 6. The van der Waals surface area contributed by atoms with Crippen molar-refractivity contribution in [3.8, 4) is 11.5 Å². The molecule has 0 saturated heterocycles. The fraction of sp³-hybridized carbons (Fsp3) is 0.538. The number of aromatic hydroxyl groups is 1. The molecule has 0 spiro atoms. The molecular formula is C13H20BrNO2. The highest BCUT2D eigenvalue weighted by Crippen LogP contribution is 2.35. The zero-order valence-electron chi connectivity index (χ0n) is 10.7. The van der Waals surface area contributed by atoms with Crippen molar-refractivity contribution in [3.63, 3.8) is 0 Å². The minimum absolute atomic E-state index is 0.160. The Hall–Kier alpha value is -0.740. The first-order chi connectivity index (χ1) is 8.08. The molecule has 1 N–H and O–H groups in total. The van der Waals surface area contributed by atoms with Crippen LogP contribution in [-0.2, 0) is 6.54 Å². The van der Waals surface area contributed by atoms with Gasteiger partial charge in [-0.3, -0.25) is 0 Å². The van der Waals surface area contributed by atoms with Gasteiger partial charge in [-0.2, -0.15) is 0 Å². The van der Waals surface area contributed by atoms with Gasteiger partial charge in [-0.05, 0) is 53.6 Å².